The Balaban J connectivity index is 2.98. The number of aryl methyl sites for hydroxylation is 1. The van der Waals surface area contributed by atoms with Crippen molar-refractivity contribution in [1.29, 1.82) is 0 Å². The van der Waals surface area contributed by atoms with E-state index in [1.165, 1.54) is 10.9 Å². The van der Waals surface area contributed by atoms with Crippen molar-refractivity contribution in [3.63, 3.8) is 0 Å². The average Bonchev–Trinajstić information content (AvgIpc) is 2.53. The monoisotopic (exact) mass is 179 g/mol. The molecule has 0 unspecified atom stereocenters. The molecule has 0 aliphatic heterocycles. The molecule has 0 N–H and O–H groups in total. The van der Waals surface area contributed by atoms with Gasteiger partial charge in [-0.1, -0.05) is 18.2 Å². The van der Waals surface area contributed by atoms with Crippen LogP contribution in [0.4, 0.5) is 0 Å². The minimum absolute atomic E-state index is 0.0116. The number of rotatable bonds is 3. The van der Waals surface area contributed by atoms with Crippen molar-refractivity contribution in [1.82, 2.24) is 15.0 Å². The maximum absolute atomic E-state index is 11.7. The van der Waals surface area contributed by atoms with Gasteiger partial charge in [-0.25, -0.2) is 4.68 Å². The summed E-state index contributed by atoms with van der Waals surface area (Å²) >= 11 is 0. The molecule has 0 aromatic carbocycles. The fourth-order valence-corrected chi connectivity index (χ4v) is 1.16. The molecule has 0 amide bonds. The number of carbonyl (C=O) groups is 1. The number of ketones is 1. The summed E-state index contributed by atoms with van der Waals surface area (Å²) in [6.45, 7) is 3.82. The summed E-state index contributed by atoms with van der Waals surface area (Å²) in [5.41, 5.74) is 1.33. The molecule has 4 nitrogen and oxygen atoms in total. The van der Waals surface area contributed by atoms with E-state index in [9.17, 15) is 4.79 Å². The normalized spacial score (nSPS) is 11.8. The predicted molar refractivity (Wildman–Crippen MR) is 49.4 cm³/mol. The number of hydrogen-bond donors (Lipinski definition) is 0. The van der Waals surface area contributed by atoms with E-state index in [2.05, 4.69) is 10.3 Å². The smallest absolute Gasteiger partial charge is 0.208 e. The lowest BCUT2D eigenvalue weighted by Gasteiger charge is -2.01. The lowest BCUT2D eigenvalue weighted by Crippen LogP contribution is -2.08. The number of nitrogens with zero attached hydrogens (tertiary/aromatic N) is 3. The van der Waals surface area contributed by atoms with Crippen LogP contribution in [-0.4, -0.2) is 20.8 Å². The lowest BCUT2D eigenvalue weighted by atomic mass is 10.1. The Kier molecular flexibility index (Phi) is 2.95. The van der Waals surface area contributed by atoms with Crippen LogP contribution in [0, 0.1) is 0 Å². The molecule has 0 saturated carbocycles. The molecular formula is C9H13N3O. The minimum atomic E-state index is 0.0116. The van der Waals surface area contributed by atoms with Crippen molar-refractivity contribution in [2.24, 2.45) is 7.05 Å². The Morgan fingerprint density at radius 1 is 1.69 bits per heavy atom. The van der Waals surface area contributed by atoms with Crippen molar-refractivity contribution < 1.29 is 4.79 Å². The highest BCUT2D eigenvalue weighted by Gasteiger charge is 2.13. The van der Waals surface area contributed by atoms with Gasteiger partial charge < -0.3 is 0 Å². The number of carbonyl (C=O) groups excluding carboxylic acids is 1. The molecular weight excluding hydrogens is 166 g/mol. The van der Waals surface area contributed by atoms with Crippen LogP contribution in [0.15, 0.2) is 17.8 Å². The fourth-order valence-electron chi connectivity index (χ4n) is 1.16. The molecule has 0 radical (unpaired) electrons. The van der Waals surface area contributed by atoms with Crippen LogP contribution in [0.1, 0.15) is 30.8 Å². The van der Waals surface area contributed by atoms with Crippen LogP contribution in [0.3, 0.4) is 0 Å². The molecule has 0 spiro atoms. The molecule has 0 aliphatic rings. The number of Topliss-reactive ketones (excluding diaryl/α,β-unsaturated/α-hetero) is 1. The second kappa shape index (κ2) is 3.98. The van der Waals surface area contributed by atoms with Gasteiger partial charge in [-0.3, -0.25) is 4.79 Å². The third-order valence-corrected chi connectivity index (χ3v) is 1.97. The van der Waals surface area contributed by atoms with Gasteiger partial charge >= 0.3 is 0 Å². The van der Waals surface area contributed by atoms with Gasteiger partial charge in [-0.05, 0) is 18.9 Å². The molecule has 0 bridgehead atoms. The Bertz CT molecular complexity index is 338. The quantitative estimate of drug-likeness (QED) is 0.520. The van der Waals surface area contributed by atoms with Crippen molar-refractivity contribution >= 4 is 5.78 Å². The molecule has 4 heteroatoms. The van der Waals surface area contributed by atoms with Gasteiger partial charge in [0.25, 0.3) is 0 Å². The lowest BCUT2D eigenvalue weighted by molar-refractivity contribution is 0.102. The van der Waals surface area contributed by atoms with Gasteiger partial charge in [0.15, 0.2) is 0 Å². The summed E-state index contributed by atoms with van der Waals surface area (Å²) in [7, 11) is 1.71. The summed E-state index contributed by atoms with van der Waals surface area (Å²) in [6.07, 6.45) is 4.05. The van der Waals surface area contributed by atoms with Crippen LogP contribution in [-0.2, 0) is 7.05 Å². The van der Waals surface area contributed by atoms with Gasteiger partial charge in [0.2, 0.25) is 5.78 Å². The summed E-state index contributed by atoms with van der Waals surface area (Å²) in [5.74, 6) is 0.0116. The summed E-state index contributed by atoms with van der Waals surface area (Å²) in [5, 5.41) is 7.37. The molecule has 1 heterocycles. The standard InChI is InChI=1S/C9H13N3O/c1-4-7(5-2)9(13)8-6-10-11-12(8)3/h4,6H,5H2,1-3H3. The molecule has 1 rings (SSSR count). The van der Waals surface area contributed by atoms with E-state index in [4.69, 9.17) is 0 Å². The maximum atomic E-state index is 11.7. The number of hydrogen-bond acceptors (Lipinski definition) is 3. The van der Waals surface area contributed by atoms with E-state index >= 15 is 0 Å². The molecule has 0 atom stereocenters. The van der Waals surface area contributed by atoms with Crippen molar-refractivity contribution in [3.8, 4) is 0 Å². The first kappa shape index (κ1) is 9.64. The Morgan fingerprint density at radius 2 is 2.38 bits per heavy atom. The minimum Gasteiger partial charge on any atom is -0.287 e. The molecule has 0 saturated heterocycles. The van der Waals surface area contributed by atoms with Crippen molar-refractivity contribution in [2.75, 3.05) is 0 Å². The van der Waals surface area contributed by atoms with Gasteiger partial charge in [-0.2, -0.15) is 0 Å². The highest BCUT2D eigenvalue weighted by molar-refractivity contribution is 6.07. The zero-order chi connectivity index (χ0) is 9.84. The first-order chi connectivity index (χ1) is 6.20. The molecule has 1 aromatic rings. The van der Waals surface area contributed by atoms with Crippen LogP contribution in [0.5, 0.6) is 0 Å². The first-order valence-electron chi connectivity index (χ1n) is 4.25. The van der Waals surface area contributed by atoms with Crippen LogP contribution in [0.25, 0.3) is 0 Å². The number of aromatic nitrogens is 3. The van der Waals surface area contributed by atoms with Gasteiger partial charge in [0.05, 0.1) is 6.20 Å². The predicted octanol–water partition coefficient (Wildman–Crippen LogP) is 1.35. The Labute approximate surface area is 77.3 Å². The van der Waals surface area contributed by atoms with E-state index < -0.39 is 0 Å². The zero-order valence-corrected chi connectivity index (χ0v) is 8.11. The average molecular weight is 179 g/mol. The van der Waals surface area contributed by atoms with Crippen LogP contribution < -0.4 is 0 Å². The van der Waals surface area contributed by atoms with E-state index in [0.29, 0.717) is 5.69 Å². The van der Waals surface area contributed by atoms with E-state index in [-0.39, 0.29) is 5.78 Å². The van der Waals surface area contributed by atoms with Crippen molar-refractivity contribution in [3.05, 3.63) is 23.5 Å². The Hall–Kier alpha value is -1.45. The summed E-state index contributed by atoms with van der Waals surface area (Å²) < 4.78 is 1.49. The molecule has 0 fully saturated rings. The zero-order valence-electron chi connectivity index (χ0n) is 8.11. The van der Waals surface area contributed by atoms with E-state index in [1.54, 1.807) is 7.05 Å². The third-order valence-electron chi connectivity index (χ3n) is 1.97. The summed E-state index contributed by atoms with van der Waals surface area (Å²) in [4.78, 5) is 11.7. The van der Waals surface area contributed by atoms with Crippen LogP contribution in [0.2, 0.25) is 0 Å². The first-order valence-corrected chi connectivity index (χ1v) is 4.25. The third kappa shape index (κ3) is 1.83. The van der Waals surface area contributed by atoms with E-state index in [1.807, 2.05) is 19.9 Å². The molecule has 13 heavy (non-hydrogen) atoms. The Morgan fingerprint density at radius 3 is 2.77 bits per heavy atom. The fraction of sp³-hybridized carbons (Fsp3) is 0.444. The SMILES string of the molecule is CC=C(CC)C(=O)c1cnnn1C. The topological polar surface area (TPSA) is 47.8 Å². The van der Waals surface area contributed by atoms with Crippen molar-refractivity contribution in [2.45, 2.75) is 20.3 Å². The van der Waals surface area contributed by atoms with Crippen LogP contribution >= 0.6 is 0 Å². The largest absolute Gasteiger partial charge is 0.287 e. The number of allylic oxidation sites excluding steroid dienone is 2. The highest BCUT2D eigenvalue weighted by atomic mass is 16.1. The maximum Gasteiger partial charge on any atom is 0.208 e. The molecule has 1 aromatic heterocycles. The second-order valence-corrected chi connectivity index (χ2v) is 2.74. The summed E-state index contributed by atoms with van der Waals surface area (Å²) in [6, 6.07) is 0. The van der Waals surface area contributed by atoms with Gasteiger partial charge in [-0.15, -0.1) is 5.10 Å². The molecule has 70 valence electrons. The molecule has 0 aliphatic carbocycles. The van der Waals surface area contributed by atoms with E-state index in [0.717, 1.165) is 12.0 Å². The second-order valence-electron chi connectivity index (χ2n) is 2.74. The van der Waals surface area contributed by atoms with Gasteiger partial charge in [0, 0.05) is 7.05 Å². The van der Waals surface area contributed by atoms with Gasteiger partial charge in [0.1, 0.15) is 5.69 Å². The highest BCUT2D eigenvalue weighted by Crippen LogP contribution is 2.08.